The third kappa shape index (κ3) is 3.23. The van der Waals surface area contributed by atoms with Gasteiger partial charge in [-0.1, -0.05) is 0 Å². The minimum Gasteiger partial charge on any atom is -0.399 e. The summed E-state index contributed by atoms with van der Waals surface area (Å²) in [5.41, 5.74) is 6.47. The molecule has 16 heavy (non-hydrogen) atoms. The highest BCUT2D eigenvalue weighted by Gasteiger charge is 2.10. The summed E-state index contributed by atoms with van der Waals surface area (Å²) >= 11 is 3.24. The van der Waals surface area contributed by atoms with Crippen LogP contribution in [0.2, 0.25) is 0 Å². The summed E-state index contributed by atoms with van der Waals surface area (Å²) in [7, 11) is 1.50. The second-order valence-electron chi connectivity index (χ2n) is 3.10. The van der Waals surface area contributed by atoms with E-state index < -0.39 is 0 Å². The third-order valence-corrected chi connectivity index (χ3v) is 2.61. The van der Waals surface area contributed by atoms with Crippen molar-refractivity contribution in [3.63, 3.8) is 0 Å². The smallest absolute Gasteiger partial charge is 0.252 e. The quantitative estimate of drug-likeness (QED) is 0.708. The van der Waals surface area contributed by atoms with Crippen molar-refractivity contribution in [3.05, 3.63) is 28.2 Å². The first-order valence-corrected chi connectivity index (χ1v) is 5.37. The lowest BCUT2D eigenvalue weighted by Gasteiger charge is -2.06. The molecule has 0 spiro atoms. The Hall–Kier alpha value is -1.56. The van der Waals surface area contributed by atoms with Crippen LogP contribution in [0.4, 0.5) is 5.69 Å². The topological polar surface area (TPSA) is 84.2 Å². The van der Waals surface area contributed by atoms with Crippen LogP contribution in [0.5, 0.6) is 0 Å². The molecule has 1 aromatic carbocycles. The van der Waals surface area contributed by atoms with Crippen LogP contribution in [-0.2, 0) is 4.79 Å². The molecule has 0 aliphatic heterocycles. The summed E-state index contributed by atoms with van der Waals surface area (Å²) in [5, 5.41) is 4.89. The Morgan fingerprint density at radius 3 is 2.75 bits per heavy atom. The molecule has 0 atom stereocenters. The van der Waals surface area contributed by atoms with Crippen LogP contribution >= 0.6 is 15.9 Å². The molecule has 1 aromatic rings. The Labute approximate surface area is 102 Å². The van der Waals surface area contributed by atoms with Crippen LogP contribution in [0.1, 0.15) is 10.4 Å². The summed E-state index contributed by atoms with van der Waals surface area (Å²) in [4.78, 5) is 22.6. The minimum atomic E-state index is -0.345. The second kappa shape index (κ2) is 5.50. The normalized spacial score (nSPS) is 9.62. The summed E-state index contributed by atoms with van der Waals surface area (Å²) in [5.74, 6) is -0.601. The average molecular weight is 286 g/mol. The van der Waals surface area contributed by atoms with Crippen molar-refractivity contribution >= 4 is 33.4 Å². The highest BCUT2D eigenvalue weighted by Crippen LogP contribution is 2.19. The maximum Gasteiger partial charge on any atom is 0.252 e. The van der Waals surface area contributed by atoms with Gasteiger partial charge < -0.3 is 16.4 Å². The molecular weight excluding hydrogens is 274 g/mol. The lowest BCUT2D eigenvalue weighted by atomic mass is 10.2. The van der Waals surface area contributed by atoms with Crippen molar-refractivity contribution in [3.8, 4) is 0 Å². The van der Waals surface area contributed by atoms with Crippen molar-refractivity contribution in [2.75, 3.05) is 19.3 Å². The number of hydrogen-bond donors (Lipinski definition) is 3. The molecule has 2 amide bonds. The molecule has 0 heterocycles. The van der Waals surface area contributed by atoms with E-state index in [0.717, 1.165) is 0 Å². The van der Waals surface area contributed by atoms with Gasteiger partial charge in [0.05, 0.1) is 12.1 Å². The standard InChI is InChI=1S/C10H12BrN3O2/c1-13-9(15)5-14-10(16)7-4-6(12)2-3-8(7)11/h2-4H,5,12H2,1H3,(H,13,15)(H,14,16). The molecule has 0 aromatic heterocycles. The second-order valence-corrected chi connectivity index (χ2v) is 3.95. The van der Waals surface area contributed by atoms with Gasteiger partial charge in [0.25, 0.3) is 5.91 Å². The molecule has 0 bridgehead atoms. The van der Waals surface area contributed by atoms with Crippen LogP contribution < -0.4 is 16.4 Å². The lowest BCUT2D eigenvalue weighted by molar-refractivity contribution is -0.119. The molecule has 86 valence electrons. The highest BCUT2D eigenvalue weighted by atomic mass is 79.9. The number of rotatable bonds is 3. The van der Waals surface area contributed by atoms with Crippen molar-refractivity contribution in [2.45, 2.75) is 0 Å². The van der Waals surface area contributed by atoms with Gasteiger partial charge in [0.2, 0.25) is 5.91 Å². The average Bonchev–Trinajstić information content (AvgIpc) is 2.28. The summed E-state index contributed by atoms with van der Waals surface area (Å²) in [6.07, 6.45) is 0. The van der Waals surface area contributed by atoms with Gasteiger partial charge in [-0.2, -0.15) is 0 Å². The number of anilines is 1. The molecule has 0 aliphatic carbocycles. The largest absolute Gasteiger partial charge is 0.399 e. The number of amides is 2. The fraction of sp³-hybridized carbons (Fsp3) is 0.200. The van der Waals surface area contributed by atoms with E-state index >= 15 is 0 Å². The van der Waals surface area contributed by atoms with Crippen molar-refractivity contribution in [1.29, 1.82) is 0 Å². The van der Waals surface area contributed by atoms with Gasteiger partial charge in [-0.3, -0.25) is 9.59 Å². The molecule has 0 fully saturated rings. The van der Waals surface area contributed by atoms with Gasteiger partial charge in [0, 0.05) is 17.2 Å². The summed E-state index contributed by atoms with van der Waals surface area (Å²) in [6, 6.07) is 4.91. The zero-order valence-electron chi connectivity index (χ0n) is 8.71. The Balaban J connectivity index is 2.73. The highest BCUT2D eigenvalue weighted by molar-refractivity contribution is 9.10. The zero-order valence-corrected chi connectivity index (χ0v) is 10.3. The molecule has 0 saturated heterocycles. The third-order valence-electron chi connectivity index (χ3n) is 1.92. The maximum atomic E-state index is 11.7. The SMILES string of the molecule is CNC(=O)CNC(=O)c1cc(N)ccc1Br. The van der Waals surface area contributed by atoms with Crippen LogP contribution in [0.3, 0.4) is 0 Å². The fourth-order valence-corrected chi connectivity index (χ4v) is 1.49. The van der Waals surface area contributed by atoms with Gasteiger partial charge in [-0.25, -0.2) is 0 Å². The van der Waals surface area contributed by atoms with E-state index in [1.54, 1.807) is 18.2 Å². The maximum absolute atomic E-state index is 11.7. The van der Waals surface area contributed by atoms with Crippen LogP contribution in [0.15, 0.2) is 22.7 Å². The molecule has 0 unspecified atom stereocenters. The molecular formula is C10H12BrN3O2. The van der Waals surface area contributed by atoms with Crippen molar-refractivity contribution in [2.24, 2.45) is 0 Å². The van der Waals surface area contributed by atoms with E-state index in [9.17, 15) is 9.59 Å². The predicted molar refractivity (Wildman–Crippen MR) is 65.0 cm³/mol. The number of nitrogens with one attached hydrogen (secondary N) is 2. The first kappa shape index (κ1) is 12.5. The number of carbonyl (C=O) groups excluding carboxylic acids is 2. The van der Waals surface area contributed by atoms with Crippen molar-refractivity contribution in [1.82, 2.24) is 10.6 Å². The summed E-state index contributed by atoms with van der Waals surface area (Å²) in [6.45, 7) is -0.0590. The van der Waals surface area contributed by atoms with E-state index in [1.807, 2.05) is 0 Å². The number of nitrogens with two attached hydrogens (primary N) is 1. The molecule has 6 heteroatoms. The van der Waals surface area contributed by atoms with Gasteiger partial charge in [0.1, 0.15) is 0 Å². The lowest BCUT2D eigenvalue weighted by Crippen LogP contribution is -2.35. The number of halogens is 1. The first-order chi connectivity index (χ1) is 7.54. The molecule has 0 radical (unpaired) electrons. The van der Waals surface area contributed by atoms with E-state index in [2.05, 4.69) is 26.6 Å². The van der Waals surface area contributed by atoms with Crippen LogP contribution in [0, 0.1) is 0 Å². The van der Waals surface area contributed by atoms with E-state index in [0.29, 0.717) is 15.7 Å². The van der Waals surface area contributed by atoms with Crippen molar-refractivity contribution < 1.29 is 9.59 Å². The van der Waals surface area contributed by atoms with Crippen LogP contribution in [0.25, 0.3) is 0 Å². The molecule has 5 nitrogen and oxygen atoms in total. The van der Waals surface area contributed by atoms with E-state index in [1.165, 1.54) is 7.05 Å². The number of benzene rings is 1. The van der Waals surface area contributed by atoms with Gasteiger partial charge in [-0.15, -0.1) is 0 Å². The Morgan fingerprint density at radius 2 is 2.12 bits per heavy atom. The number of likely N-dealkylation sites (N-methyl/N-ethyl adjacent to an activating group) is 1. The summed E-state index contributed by atoms with van der Waals surface area (Å²) < 4.78 is 0.635. The molecule has 0 aliphatic rings. The minimum absolute atomic E-state index is 0.0590. The fourth-order valence-electron chi connectivity index (χ4n) is 1.06. The first-order valence-electron chi connectivity index (χ1n) is 4.58. The zero-order chi connectivity index (χ0) is 12.1. The molecule has 0 saturated carbocycles. The number of nitrogen functional groups attached to an aromatic ring is 1. The predicted octanol–water partition coefficient (Wildman–Crippen LogP) is 0.507. The Morgan fingerprint density at radius 1 is 1.44 bits per heavy atom. The van der Waals surface area contributed by atoms with Gasteiger partial charge in [0.15, 0.2) is 0 Å². The van der Waals surface area contributed by atoms with Gasteiger partial charge in [-0.05, 0) is 34.1 Å². The Kier molecular flexibility index (Phi) is 4.30. The number of hydrogen-bond acceptors (Lipinski definition) is 3. The Bertz CT molecular complexity index is 421. The monoisotopic (exact) mass is 285 g/mol. The molecule has 4 N–H and O–H groups in total. The van der Waals surface area contributed by atoms with E-state index in [4.69, 9.17) is 5.73 Å². The van der Waals surface area contributed by atoms with Crippen LogP contribution in [-0.4, -0.2) is 25.4 Å². The van der Waals surface area contributed by atoms with Gasteiger partial charge >= 0.3 is 0 Å². The van der Waals surface area contributed by atoms with E-state index in [-0.39, 0.29) is 18.4 Å². The molecule has 1 rings (SSSR count). The number of carbonyl (C=O) groups is 2.